The lowest BCUT2D eigenvalue weighted by atomic mass is 10.5. The Balaban J connectivity index is 4.20. The molecular weight excluding hydrogens is 201 g/mol. The first-order chi connectivity index (χ1) is 5.91. The molecule has 0 rings (SSSR count). The first-order valence-corrected chi connectivity index (χ1v) is 4.35. The fourth-order valence-electron chi connectivity index (χ4n) is 0.512. The zero-order chi connectivity index (χ0) is 10.5. The molecule has 0 spiro atoms. The first kappa shape index (κ1) is 12.3. The number of alkyl halides is 3. The van der Waals surface area contributed by atoms with Crippen molar-refractivity contribution in [3.63, 3.8) is 0 Å². The molecule has 0 saturated heterocycles. The second-order valence-corrected chi connectivity index (χ2v) is 3.67. The van der Waals surface area contributed by atoms with Gasteiger partial charge in [0.25, 0.3) is 0 Å². The van der Waals surface area contributed by atoms with Crippen LogP contribution >= 0.6 is 11.8 Å². The number of nitrogens with zero attached hydrogens (tertiary/aromatic N) is 2. The average molecular weight is 210 g/mol. The summed E-state index contributed by atoms with van der Waals surface area (Å²) in [6.45, 7) is 1.05. The minimum Gasteiger partial charge on any atom is -0.285 e. The summed E-state index contributed by atoms with van der Waals surface area (Å²) in [6, 6.07) is 1.76. The van der Waals surface area contributed by atoms with Crippen molar-refractivity contribution in [1.82, 2.24) is 0 Å². The SMILES string of the molecule is C/N=C(/CC#N)SC(C)C(F)(F)F. The average Bonchev–Trinajstić information content (AvgIpc) is 2.01. The molecule has 0 fully saturated rings. The van der Waals surface area contributed by atoms with E-state index in [1.54, 1.807) is 6.07 Å². The molecule has 0 amide bonds. The summed E-state index contributed by atoms with van der Waals surface area (Å²) < 4.78 is 36.1. The van der Waals surface area contributed by atoms with Gasteiger partial charge >= 0.3 is 6.18 Å². The highest BCUT2D eigenvalue weighted by molar-refractivity contribution is 8.14. The van der Waals surface area contributed by atoms with Gasteiger partial charge in [-0.2, -0.15) is 18.4 Å². The van der Waals surface area contributed by atoms with E-state index in [0.29, 0.717) is 11.8 Å². The predicted molar refractivity (Wildman–Crippen MR) is 46.7 cm³/mol. The highest BCUT2D eigenvalue weighted by Crippen LogP contribution is 2.31. The van der Waals surface area contributed by atoms with Gasteiger partial charge in [0.15, 0.2) is 0 Å². The van der Waals surface area contributed by atoms with Gasteiger partial charge in [-0.1, -0.05) is 11.8 Å². The highest BCUT2D eigenvalue weighted by atomic mass is 32.2. The zero-order valence-electron chi connectivity index (χ0n) is 7.22. The fourth-order valence-corrected chi connectivity index (χ4v) is 1.31. The molecule has 0 N–H and O–H groups in total. The smallest absolute Gasteiger partial charge is 0.285 e. The van der Waals surface area contributed by atoms with Crippen LogP contribution in [0.4, 0.5) is 13.2 Å². The second-order valence-electron chi connectivity index (χ2n) is 2.25. The van der Waals surface area contributed by atoms with Crippen LogP contribution in [0.3, 0.4) is 0 Å². The van der Waals surface area contributed by atoms with Gasteiger partial charge in [0.1, 0.15) is 5.25 Å². The molecule has 0 aromatic carbocycles. The van der Waals surface area contributed by atoms with Gasteiger partial charge in [0, 0.05) is 7.05 Å². The fraction of sp³-hybridized carbons (Fsp3) is 0.714. The number of thioether (sulfide) groups is 1. The molecule has 6 heteroatoms. The quantitative estimate of drug-likeness (QED) is 0.519. The Morgan fingerprint density at radius 2 is 2.15 bits per heavy atom. The van der Waals surface area contributed by atoms with E-state index in [2.05, 4.69) is 4.99 Å². The van der Waals surface area contributed by atoms with Crippen molar-refractivity contribution in [3.8, 4) is 6.07 Å². The molecule has 74 valence electrons. The summed E-state index contributed by atoms with van der Waals surface area (Å²) in [7, 11) is 1.38. The van der Waals surface area contributed by atoms with E-state index in [1.165, 1.54) is 7.05 Å². The summed E-state index contributed by atoms with van der Waals surface area (Å²) in [4.78, 5) is 3.59. The van der Waals surface area contributed by atoms with E-state index in [0.717, 1.165) is 6.92 Å². The van der Waals surface area contributed by atoms with Gasteiger partial charge in [0.2, 0.25) is 0 Å². The minimum absolute atomic E-state index is 0.0679. The Morgan fingerprint density at radius 1 is 1.62 bits per heavy atom. The molecule has 0 aromatic heterocycles. The van der Waals surface area contributed by atoms with Crippen molar-refractivity contribution in [2.75, 3.05) is 7.05 Å². The summed E-state index contributed by atoms with van der Waals surface area (Å²) in [6.07, 6.45) is -4.31. The van der Waals surface area contributed by atoms with Crippen LogP contribution in [0.25, 0.3) is 0 Å². The minimum atomic E-state index is -4.24. The monoisotopic (exact) mass is 210 g/mol. The molecule has 0 aromatic rings. The molecule has 0 aliphatic rings. The topological polar surface area (TPSA) is 36.1 Å². The number of nitriles is 1. The lowest BCUT2D eigenvalue weighted by Crippen LogP contribution is -2.23. The van der Waals surface area contributed by atoms with Gasteiger partial charge < -0.3 is 0 Å². The third-order valence-electron chi connectivity index (χ3n) is 1.25. The van der Waals surface area contributed by atoms with Gasteiger partial charge in [-0.15, -0.1) is 0 Å². The van der Waals surface area contributed by atoms with E-state index < -0.39 is 11.4 Å². The van der Waals surface area contributed by atoms with Crippen molar-refractivity contribution in [2.45, 2.75) is 24.8 Å². The molecular formula is C7H9F3N2S. The largest absolute Gasteiger partial charge is 0.400 e. The summed E-state index contributed by atoms with van der Waals surface area (Å²) in [5.74, 6) is 0. The standard InChI is InChI=1S/C7H9F3N2S/c1-5(7(8,9)10)13-6(12-2)3-4-11/h5H,3H2,1-2H3/b12-6-. The normalized spacial score (nSPS) is 15.2. The second kappa shape index (κ2) is 5.12. The molecule has 0 bridgehead atoms. The number of hydrogen-bond acceptors (Lipinski definition) is 3. The van der Waals surface area contributed by atoms with E-state index in [9.17, 15) is 13.2 Å². The first-order valence-electron chi connectivity index (χ1n) is 3.47. The summed E-state index contributed by atoms with van der Waals surface area (Å²) >= 11 is 0.579. The van der Waals surface area contributed by atoms with E-state index in [-0.39, 0.29) is 11.5 Å². The molecule has 0 heterocycles. The molecule has 1 atom stereocenters. The Hall–Kier alpha value is -0.700. The van der Waals surface area contributed by atoms with Crippen molar-refractivity contribution in [3.05, 3.63) is 0 Å². The number of aliphatic imine (C=N–C) groups is 1. The van der Waals surface area contributed by atoms with Gasteiger partial charge in [-0.3, -0.25) is 4.99 Å². The van der Waals surface area contributed by atoms with Crippen molar-refractivity contribution in [2.24, 2.45) is 4.99 Å². The van der Waals surface area contributed by atoms with E-state index in [4.69, 9.17) is 5.26 Å². The van der Waals surface area contributed by atoms with E-state index >= 15 is 0 Å². The highest BCUT2D eigenvalue weighted by Gasteiger charge is 2.37. The van der Waals surface area contributed by atoms with Crippen LogP contribution in [0.1, 0.15) is 13.3 Å². The van der Waals surface area contributed by atoms with Crippen LogP contribution in [-0.4, -0.2) is 23.5 Å². The lowest BCUT2D eigenvalue weighted by molar-refractivity contribution is -0.125. The Morgan fingerprint density at radius 3 is 2.46 bits per heavy atom. The Kier molecular flexibility index (Phi) is 4.85. The summed E-state index contributed by atoms with van der Waals surface area (Å²) in [5, 5.41) is 6.96. The molecule has 0 saturated carbocycles. The third kappa shape index (κ3) is 4.78. The van der Waals surface area contributed by atoms with Crippen molar-refractivity contribution < 1.29 is 13.2 Å². The molecule has 13 heavy (non-hydrogen) atoms. The number of halogens is 3. The Bertz CT molecular complexity index is 229. The van der Waals surface area contributed by atoms with Crippen LogP contribution in [0.5, 0.6) is 0 Å². The van der Waals surface area contributed by atoms with Gasteiger partial charge in [-0.05, 0) is 6.92 Å². The maximum absolute atomic E-state index is 12.0. The molecule has 1 unspecified atom stereocenters. The number of rotatable bonds is 2. The van der Waals surface area contributed by atoms with Crippen LogP contribution < -0.4 is 0 Å². The molecule has 0 aliphatic heterocycles. The summed E-state index contributed by atoms with van der Waals surface area (Å²) in [5.41, 5.74) is 0. The van der Waals surface area contributed by atoms with E-state index in [1.807, 2.05) is 0 Å². The predicted octanol–water partition coefficient (Wildman–Crippen LogP) is 2.61. The number of hydrogen-bond donors (Lipinski definition) is 0. The van der Waals surface area contributed by atoms with Crippen molar-refractivity contribution in [1.29, 1.82) is 5.26 Å². The van der Waals surface area contributed by atoms with Crippen LogP contribution in [0, 0.1) is 11.3 Å². The third-order valence-corrected chi connectivity index (χ3v) is 2.47. The maximum Gasteiger partial charge on any atom is 0.400 e. The molecule has 0 aliphatic carbocycles. The Labute approximate surface area is 78.8 Å². The van der Waals surface area contributed by atoms with Gasteiger partial charge in [0.05, 0.1) is 17.5 Å². The maximum atomic E-state index is 12.0. The van der Waals surface area contributed by atoms with Crippen LogP contribution in [0.2, 0.25) is 0 Å². The van der Waals surface area contributed by atoms with Crippen molar-refractivity contribution >= 4 is 16.8 Å². The molecule has 0 radical (unpaired) electrons. The molecule has 2 nitrogen and oxygen atoms in total. The lowest BCUT2D eigenvalue weighted by Gasteiger charge is -2.14. The van der Waals surface area contributed by atoms with Crippen LogP contribution in [-0.2, 0) is 0 Å². The van der Waals surface area contributed by atoms with Crippen LogP contribution in [0.15, 0.2) is 4.99 Å². The van der Waals surface area contributed by atoms with Gasteiger partial charge in [-0.25, -0.2) is 0 Å². The zero-order valence-corrected chi connectivity index (χ0v) is 8.04.